The summed E-state index contributed by atoms with van der Waals surface area (Å²) in [4.78, 5) is 2.50. The molecule has 1 aliphatic rings. The molecule has 0 spiro atoms. The molecular formula is C15H23BrN2O. The SMILES string of the molecule is NCCC1CCCN(CCOc2ccc(Br)cc2)C1. The van der Waals surface area contributed by atoms with Gasteiger partial charge < -0.3 is 10.5 Å². The zero-order valence-corrected chi connectivity index (χ0v) is 12.9. The number of hydrogen-bond acceptors (Lipinski definition) is 3. The average Bonchev–Trinajstić information content (AvgIpc) is 2.42. The molecule has 1 fully saturated rings. The van der Waals surface area contributed by atoms with E-state index in [1.54, 1.807) is 0 Å². The van der Waals surface area contributed by atoms with E-state index in [0.717, 1.165) is 42.3 Å². The summed E-state index contributed by atoms with van der Waals surface area (Å²) < 4.78 is 6.86. The van der Waals surface area contributed by atoms with E-state index in [1.165, 1.54) is 25.9 Å². The van der Waals surface area contributed by atoms with E-state index in [-0.39, 0.29) is 0 Å². The van der Waals surface area contributed by atoms with Gasteiger partial charge in [-0.3, -0.25) is 4.90 Å². The van der Waals surface area contributed by atoms with Crippen LogP contribution in [0, 0.1) is 5.92 Å². The van der Waals surface area contributed by atoms with Gasteiger partial charge in [0.25, 0.3) is 0 Å². The standard InChI is InChI=1S/C15H23BrN2O/c16-14-3-5-15(6-4-14)19-11-10-18-9-1-2-13(12-18)7-8-17/h3-6,13H,1-2,7-12,17H2. The van der Waals surface area contributed by atoms with E-state index in [0.29, 0.717) is 0 Å². The third kappa shape index (κ3) is 5.13. The summed E-state index contributed by atoms with van der Waals surface area (Å²) in [6, 6.07) is 8.01. The summed E-state index contributed by atoms with van der Waals surface area (Å²) in [6.45, 7) is 4.97. The molecule has 1 saturated heterocycles. The van der Waals surface area contributed by atoms with E-state index in [4.69, 9.17) is 10.5 Å². The lowest BCUT2D eigenvalue weighted by molar-refractivity contribution is 0.144. The van der Waals surface area contributed by atoms with Gasteiger partial charge in [-0.1, -0.05) is 15.9 Å². The Morgan fingerprint density at radius 1 is 1.32 bits per heavy atom. The van der Waals surface area contributed by atoms with Crippen molar-refractivity contribution in [1.29, 1.82) is 0 Å². The minimum atomic E-state index is 0.761. The number of hydrogen-bond donors (Lipinski definition) is 1. The Bertz CT molecular complexity index is 367. The Balaban J connectivity index is 1.69. The number of nitrogens with two attached hydrogens (primary N) is 1. The molecule has 4 heteroatoms. The van der Waals surface area contributed by atoms with E-state index in [1.807, 2.05) is 24.3 Å². The quantitative estimate of drug-likeness (QED) is 0.873. The van der Waals surface area contributed by atoms with Crippen molar-refractivity contribution < 1.29 is 4.74 Å². The normalized spacial score (nSPS) is 20.4. The first-order valence-electron chi connectivity index (χ1n) is 7.08. The van der Waals surface area contributed by atoms with Crippen molar-refractivity contribution in [3.63, 3.8) is 0 Å². The van der Waals surface area contributed by atoms with Crippen molar-refractivity contribution in [2.24, 2.45) is 11.7 Å². The van der Waals surface area contributed by atoms with E-state index < -0.39 is 0 Å². The summed E-state index contributed by atoms with van der Waals surface area (Å²) in [6.07, 6.45) is 3.79. The highest BCUT2D eigenvalue weighted by Crippen LogP contribution is 2.19. The third-order valence-electron chi connectivity index (χ3n) is 3.67. The second-order valence-electron chi connectivity index (χ2n) is 5.19. The molecule has 106 valence electrons. The van der Waals surface area contributed by atoms with Crippen LogP contribution in [-0.4, -0.2) is 37.7 Å². The summed E-state index contributed by atoms with van der Waals surface area (Å²) in [7, 11) is 0. The predicted molar refractivity (Wildman–Crippen MR) is 82.5 cm³/mol. The Labute approximate surface area is 124 Å². The molecule has 1 atom stereocenters. The van der Waals surface area contributed by atoms with Gasteiger partial charge in [0, 0.05) is 17.6 Å². The molecular weight excluding hydrogens is 304 g/mol. The van der Waals surface area contributed by atoms with Gasteiger partial charge in [-0.15, -0.1) is 0 Å². The van der Waals surface area contributed by atoms with Crippen LogP contribution >= 0.6 is 15.9 Å². The lowest BCUT2D eigenvalue weighted by atomic mass is 9.95. The average molecular weight is 327 g/mol. The Kier molecular flexibility index (Phi) is 6.14. The maximum atomic E-state index is 5.77. The van der Waals surface area contributed by atoms with Crippen LogP contribution in [0.2, 0.25) is 0 Å². The van der Waals surface area contributed by atoms with Gasteiger partial charge in [-0.2, -0.15) is 0 Å². The van der Waals surface area contributed by atoms with Gasteiger partial charge in [-0.25, -0.2) is 0 Å². The van der Waals surface area contributed by atoms with Crippen LogP contribution in [0.3, 0.4) is 0 Å². The molecule has 1 aromatic rings. The monoisotopic (exact) mass is 326 g/mol. The van der Waals surface area contributed by atoms with Crippen molar-refractivity contribution >= 4 is 15.9 Å². The molecule has 2 rings (SSSR count). The fourth-order valence-corrected chi connectivity index (χ4v) is 2.91. The van der Waals surface area contributed by atoms with Crippen LogP contribution in [0.15, 0.2) is 28.7 Å². The molecule has 0 amide bonds. The number of piperidine rings is 1. The molecule has 0 aromatic heterocycles. The number of benzene rings is 1. The molecule has 1 aromatic carbocycles. The summed E-state index contributed by atoms with van der Waals surface area (Å²) in [5, 5.41) is 0. The smallest absolute Gasteiger partial charge is 0.119 e. The molecule has 0 bridgehead atoms. The van der Waals surface area contributed by atoms with Gasteiger partial charge in [0.1, 0.15) is 12.4 Å². The molecule has 0 saturated carbocycles. The highest BCUT2D eigenvalue weighted by Gasteiger charge is 2.18. The van der Waals surface area contributed by atoms with Crippen molar-refractivity contribution in [1.82, 2.24) is 4.90 Å². The summed E-state index contributed by atoms with van der Waals surface area (Å²) in [5.74, 6) is 1.73. The molecule has 1 heterocycles. The zero-order chi connectivity index (χ0) is 13.5. The Morgan fingerprint density at radius 2 is 2.11 bits per heavy atom. The van der Waals surface area contributed by atoms with Crippen molar-refractivity contribution in [2.75, 3.05) is 32.8 Å². The summed E-state index contributed by atoms with van der Waals surface area (Å²) >= 11 is 3.42. The maximum Gasteiger partial charge on any atom is 0.119 e. The third-order valence-corrected chi connectivity index (χ3v) is 4.20. The Morgan fingerprint density at radius 3 is 2.84 bits per heavy atom. The van der Waals surface area contributed by atoms with E-state index >= 15 is 0 Å². The molecule has 19 heavy (non-hydrogen) atoms. The fraction of sp³-hybridized carbons (Fsp3) is 0.600. The minimum absolute atomic E-state index is 0.761. The van der Waals surface area contributed by atoms with Crippen LogP contribution in [0.5, 0.6) is 5.75 Å². The van der Waals surface area contributed by atoms with E-state index in [9.17, 15) is 0 Å². The van der Waals surface area contributed by atoms with Crippen LogP contribution in [0.25, 0.3) is 0 Å². The molecule has 3 nitrogen and oxygen atoms in total. The molecule has 0 radical (unpaired) electrons. The van der Waals surface area contributed by atoms with E-state index in [2.05, 4.69) is 20.8 Å². The van der Waals surface area contributed by atoms with Gasteiger partial charge in [-0.05, 0) is 62.5 Å². The topological polar surface area (TPSA) is 38.5 Å². The van der Waals surface area contributed by atoms with Gasteiger partial charge >= 0.3 is 0 Å². The minimum Gasteiger partial charge on any atom is -0.492 e. The first-order chi connectivity index (χ1) is 9.28. The number of rotatable bonds is 6. The van der Waals surface area contributed by atoms with Crippen LogP contribution in [0.1, 0.15) is 19.3 Å². The van der Waals surface area contributed by atoms with Gasteiger partial charge in [0.15, 0.2) is 0 Å². The van der Waals surface area contributed by atoms with Gasteiger partial charge in [0.2, 0.25) is 0 Å². The highest BCUT2D eigenvalue weighted by molar-refractivity contribution is 9.10. The zero-order valence-electron chi connectivity index (χ0n) is 11.4. The maximum absolute atomic E-state index is 5.77. The second-order valence-corrected chi connectivity index (χ2v) is 6.10. The first kappa shape index (κ1) is 14.8. The largest absolute Gasteiger partial charge is 0.492 e. The molecule has 1 aliphatic heterocycles. The van der Waals surface area contributed by atoms with Crippen molar-refractivity contribution in [3.05, 3.63) is 28.7 Å². The number of ether oxygens (including phenoxy) is 1. The van der Waals surface area contributed by atoms with Crippen LogP contribution in [0.4, 0.5) is 0 Å². The Hall–Kier alpha value is -0.580. The lowest BCUT2D eigenvalue weighted by Crippen LogP contribution is -2.38. The molecule has 2 N–H and O–H groups in total. The van der Waals surface area contributed by atoms with Crippen LogP contribution in [-0.2, 0) is 0 Å². The number of nitrogens with zero attached hydrogens (tertiary/aromatic N) is 1. The van der Waals surface area contributed by atoms with Gasteiger partial charge in [0.05, 0.1) is 0 Å². The fourth-order valence-electron chi connectivity index (χ4n) is 2.65. The second kappa shape index (κ2) is 7.88. The first-order valence-corrected chi connectivity index (χ1v) is 7.88. The molecule has 0 aliphatic carbocycles. The predicted octanol–water partition coefficient (Wildman–Crippen LogP) is 2.89. The summed E-state index contributed by atoms with van der Waals surface area (Å²) in [5.41, 5.74) is 5.65. The van der Waals surface area contributed by atoms with Crippen molar-refractivity contribution in [3.8, 4) is 5.75 Å². The van der Waals surface area contributed by atoms with Crippen molar-refractivity contribution in [2.45, 2.75) is 19.3 Å². The molecule has 1 unspecified atom stereocenters. The highest BCUT2D eigenvalue weighted by atomic mass is 79.9. The van der Waals surface area contributed by atoms with Crippen LogP contribution < -0.4 is 10.5 Å². The number of halogens is 1. The lowest BCUT2D eigenvalue weighted by Gasteiger charge is -2.32. The number of likely N-dealkylation sites (tertiary alicyclic amines) is 1.